The standard InChI is InChI=1S/C17H13FN4O/c1-10-16-20-21-17(12-5-3-4-6-13(12)18)22(16)15-8-7-11(23-2)9-14(15)19-10/h3-9H,1-2H3. The number of benzene rings is 2. The van der Waals surface area contributed by atoms with Gasteiger partial charge in [0.05, 0.1) is 29.4 Å². The van der Waals surface area contributed by atoms with Gasteiger partial charge in [0.2, 0.25) is 0 Å². The van der Waals surface area contributed by atoms with E-state index >= 15 is 0 Å². The van der Waals surface area contributed by atoms with Crippen LogP contribution in [0.25, 0.3) is 28.1 Å². The predicted molar refractivity (Wildman–Crippen MR) is 85.0 cm³/mol. The molecule has 0 aliphatic carbocycles. The molecule has 0 aliphatic rings. The molecule has 0 amide bonds. The van der Waals surface area contributed by atoms with Crippen molar-refractivity contribution < 1.29 is 9.13 Å². The van der Waals surface area contributed by atoms with Crippen molar-refractivity contribution in [2.45, 2.75) is 6.92 Å². The number of aryl methyl sites for hydroxylation is 1. The molecule has 0 aliphatic heterocycles. The Bertz CT molecular complexity index is 1040. The van der Waals surface area contributed by atoms with Crippen molar-refractivity contribution in [2.75, 3.05) is 7.11 Å². The van der Waals surface area contributed by atoms with Gasteiger partial charge in [-0.05, 0) is 31.2 Å². The molecule has 0 unspecified atom stereocenters. The van der Waals surface area contributed by atoms with Gasteiger partial charge < -0.3 is 4.74 Å². The first-order valence-electron chi connectivity index (χ1n) is 7.13. The highest BCUT2D eigenvalue weighted by Gasteiger charge is 2.16. The second kappa shape index (κ2) is 5.01. The van der Waals surface area contributed by atoms with E-state index in [4.69, 9.17) is 4.74 Å². The highest BCUT2D eigenvalue weighted by molar-refractivity contribution is 5.82. The number of ether oxygens (including phenoxy) is 1. The van der Waals surface area contributed by atoms with Gasteiger partial charge in [-0.3, -0.25) is 4.40 Å². The van der Waals surface area contributed by atoms with Gasteiger partial charge in [0, 0.05) is 6.07 Å². The van der Waals surface area contributed by atoms with Gasteiger partial charge in [0.15, 0.2) is 11.5 Å². The van der Waals surface area contributed by atoms with Gasteiger partial charge in [0.1, 0.15) is 11.6 Å². The Balaban J connectivity index is 2.13. The highest BCUT2D eigenvalue weighted by atomic mass is 19.1. The molecule has 0 saturated heterocycles. The van der Waals surface area contributed by atoms with E-state index in [0.717, 1.165) is 16.7 Å². The van der Waals surface area contributed by atoms with Crippen molar-refractivity contribution in [2.24, 2.45) is 0 Å². The molecule has 4 rings (SSSR count). The molecule has 0 fully saturated rings. The summed E-state index contributed by atoms with van der Waals surface area (Å²) in [6.45, 7) is 1.86. The number of aromatic nitrogens is 4. The maximum atomic E-state index is 14.2. The van der Waals surface area contributed by atoms with Crippen LogP contribution in [-0.4, -0.2) is 26.7 Å². The van der Waals surface area contributed by atoms with Crippen LogP contribution in [0.3, 0.4) is 0 Å². The Kier molecular flexibility index (Phi) is 2.97. The second-order valence-corrected chi connectivity index (χ2v) is 5.21. The third-order valence-electron chi connectivity index (χ3n) is 3.81. The third-order valence-corrected chi connectivity index (χ3v) is 3.81. The van der Waals surface area contributed by atoms with Crippen LogP contribution < -0.4 is 4.74 Å². The molecular formula is C17H13FN4O. The molecule has 0 spiro atoms. The lowest BCUT2D eigenvalue weighted by Gasteiger charge is -2.08. The average Bonchev–Trinajstić information content (AvgIpc) is 3.00. The minimum atomic E-state index is -0.335. The molecule has 2 heterocycles. The minimum Gasteiger partial charge on any atom is -0.497 e. The van der Waals surface area contributed by atoms with Gasteiger partial charge >= 0.3 is 0 Å². The second-order valence-electron chi connectivity index (χ2n) is 5.21. The lowest BCUT2D eigenvalue weighted by atomic mass is 10.2. The van der Waals surface area contributed by atoms with E-state index in [1.807, 2.05) is 29.5 Å². The number of nitrogens with zero attached hydrogens (tertiary/aromatic N) is 4. The third kappa shape index (κ3) is 2.03. The lowest BCUT2D eigenvalue weighted by Crippen LogP contribution is -1.98. The summed E-state index contributed by atoms with van der Waals surface area (Å²) >= 11 is 0. The summed E-state index contributed by atoms with van der Waals surface area (Å²) in [5.41, 5.74) is 3.28. The fraction of sp³-hybridized carbons (Fsp3) is 0.118. The Morgan fingerprint density at radius 3 is 2.70 bits per heavy atom. The summed E-state index contributed by atoms with van der Waals surface area (Å²) in [5, 5.41) is 8.36. The van der Waals surface area contributed by atoms with Gasteiger partial charge in [-0.15, -0.1) is 10.2 Å². The molecule has 0 bridgehead atoms. The number of halogens is 1. The lowest BCUT2D eigenvalue weighted by molar-refractivity contribution is 0.415. The SMILES string of the molecule is COc1ccc2c(c1)nc(C)c1nnc(-c3ccccc3F)n12. The Morgan fingerprint density at radius 1 is 1.09 bits per heavy atom. The number of fused-ring (bicyclic) bond motifs is 3. The fourth-order valence-electron chi connectivity index (χ4n) is 2.70. The largest absolute Gasteiger partial charge is 0.497 e. The van der Waals surface area contributed by atoms with E-state index in [0.29, 0.717) is 22.8 Å². The fourth-order valence-corrected chi connectivity index (χ4v) is 2.70. The Morgan fingerprint density at radius 2 is 1.91 bits per heavy atom. The normalized spacial score (nSPS) is 11.3. The van der Waals surface area contributed by atoms with Crippen molar-refractivity contribution in [3.05, 3.63) is 54.0 Å². The monoisotopic (exact) mass is 308 g/mol. The highest BCUT2D eigenvalue weighted by Crippen LogP contribution is 2.27. The topological polar surface area (TPSA) is 52.3 Å². The first kappa shape index (κ1) is 13.6. The zero-order valence-electron chi connectivity index (χ0n) is 12.6. The predicted octanol–water partition coefficient (Wildman–Crippen LogP) is 3.40. The van der Waals surface area contributed by atoms with E-state index in [9.17, 15) is 4.39 Å². The Labute approximate surface area is 131 Å². The summed E-state index contributed by atoms with van der Waals surface area (Å²) in [7, 11) is 1.61. The van der Waals surface area contributed by atoms with Crippen LogP contribution in [0.2, 0.25) is 0 Å². The van der Waals surface area contributed by atoms with Crippen LogP contribution in [0, 0.1) is 12.7 Å². The minimum absolute atomic E-state index is 0.335. The van der Waals surface area contributed by atoms with E-state index in [2.05, 4.69) is 15.2 Å². The molecule has 114 valence electrons. The van der Waals surface area contributed by atoms with Crippen LogP contribution in [0.5, 0.6) is 5.75 Å². The van der Waals surface area contributed by atoms with E-state index in [1.165, 1.54) is 6.07 Å². The molecule has 0 N–H and O–H groups in total. The zero-order valence-corrected chi connectivity index (χ0v) is 12.6. The molecule has 0 radical (unpaired) electrons. The average molecular weight is 308 g/mol. The zero-order chi connectivity index (χ0) is 16.0. The van der Waals surface area contributed by atoms with Crippen LogP contribution in [0.15, 0.2) is 42.5 Å². The van der Waals surface area contributed by atoms with Crippen molar-refractivity contribution >= 4 is 16.7 Å². The van der Waals surface area contributed by atoms with Crippen molar-refractivity contribution in [1.82, 2.24) is 19.6 Å². The van der Waals surface area contributed by atoms with E-state index < -0.39 is 0 Å². The first-order valence-corrected chi connectivity index (χ1v) is 7.13. The molecule has 4 aromatic rings. The number of rotatable bonds is 2. The summed E-state index contributed by atoms with van der Waals surface area (Å²) in [4.78, 5) is 4.54. The molecule has 5 nitrogen and oxygen atoms in total. The molecule has 23 heavy (non-hydrogen) atoms. The maximum absolute atomic E-state index is 14.2. The van der Waals surface area contributed by atoms with Gasteiger partial charge in [-0.1, -0.05) is 12.1 Å². The van der Waals surface area contributed by atoms with Crippen LogP contribution in [0.4, 0.5) is 4.39 Å². The summed E-state index contributed by atoms with van der Waals surface area (Å²) in [5.74, 6) is 0.834. The van der Waals surface area contributed by atoms with Crippen molar-refractivity contribution in [3.8, 4) is 17.1 Å². The number of hydrogen-bond acceptors (Lipinski definition) is 4. The number of methoxy groups -OCH3 is 1. The van der Waals surface area contributed by atoms with Gasteiger partial charge in [0.25, 0.3) is 0 Å². The van der Waals surface area contributed by atoms with Gasteiger partial charge in [-0.2, -0.15) is 0 Å². The molecule has 0 atom stereocenters. The molecule has 2 aromatic carbocycles. The quantitative estimate of drug-likeness (QED) is 0.569. The van der Waals surface area contributed by atoms with Crippen LogP contribution in [0.1, 0.15) is 5.69 Å². The van der Waals surface area contributed by atoms with Crippen molar-refractivity contribution in [1.29, 1.82) is 0 Å². The van der Waals surface area contributed by atoms with E-state index in [-0.39, 0.29) is 5.82 Å². The molecule has 2 aromatic heterocycles. The molecular weight excluding hydrogens is 295 g/mol. The molecule has 0 saturated carbocycles. The maximum Gasteiger partial charge on any atom is 0.183 e. The smallest absolute Gasteiger partial charge is 0.183 e. The summed E-state index contributed by atoms with van der Waals surface area (Å²) in [6.07, 6.45) is 0. The van der Waals surface area contributed by atoms with E-state index in [1.54, 1.807) is 25.3 Å². The Hall–Kier alpha value is -3.02. The van der Waals surface area contributed by atoms with Crippen LogP contribution >= 0.6 is 0 Å². The molecule has 6 heteroatoms. The summed E-state index contributed by atoms with van der Waals surface area (Å²) in [6, 6.07) is 12.1. The first-order chi connectivity index (χ1) is 11.2. The van der Waals surface area contributed by atoms with Gasteiger partial charge in [-0.25, -0.2) is 9.37 Å². The van der Waals surface area contributed by atoms with Crippen molar-refractivity contribution in [3.63, 3.8) is 0 Å². The van der Waals surface area contributed by atoms with Crippen LogP contribution in [-0.2, 0) is 0 Å². The summed E-state index contributed by atoms with van der Waals surface area (Å²) < 4.78 is 21.3. The number of hydrogen-bond donors (Lipinski definition) is 0.